The van der Waals surface area contributed by atoms with Gasteiger partial charge in [0.1, 0.15) is 10.9 Å². The van der Waals surface area contributed by atoms with E-state index in [1.807, 2.05) is 6.92 Å². The molecule has 0 bridgehead atoms. The fraction of sp³-hybridized carbons (Fsp3) is 0.417. The Labute approximate surface area is 117 Å². The molecule has 0 spiro atoms. The fourth-order valence-electron chi connectivity index (χ4n) is 1.54. The van der Waals surface area contributed by atoms with Gasteiger partial charge in [-0.25, -0.2) is 8.42 Å². The van der Waals surface area contributed by atoms with Crippen molar-refractivity contribution in [1.29, 1.82) is 0 Å². The molecular formula is C12H16ClNO4S. The van der Waals surface area contributed by atoms with Crippen LogP contribution in [-0.2, 0) is 21.2 Å². The van der Waals surface area contributed by atoms with Crippen LogP contribution in [0.2, 0.25) is 5.02 Å². The van der Waals surface area contributed by atoms with Gasteiger partial charge in [-0.15, -0.1) is 0 Å². The van der Waals surface area contributed by atoms with Gasteiger partial charge in [-0.2, -0.15) is 4.72 Å². The van der Waals surface area contributed by atoms with Crippen molar-refractivity contribution in [3.63, 3.8) is 0 Å². The van der Waals surface area contributed by atoms with E-state index in [1.165, 1.54) is 19.1 Å². The normalized spacial score (nSPS) is 13.2. The highest BCUT2D eigenvalue weighted by Crippen LogP contribution is 2.23. The summed E-state index contributed by atoms with van der Waals surface area (Å²) in [5, 5.41) is 8.81. The summed E-state index contributed by atoms with van der Waals surface area (Å²) in [6.07, 6.45) is 1.61. The molecule has 0 aromatic heterocycles. The molecule has 1 aromatic carbocycles. The summed E-state index contributed by atoms with van der Waals surface area (Å²) < 4.78 is 26.2. The number of carboxylic acid groups (broad SMARTS) is 1. The van der Waals surface area contributed by atoms with Gasteiger partial charge in [-0.05, 0) is 31.0 Å². The molecule has 1 atom stereocenters. The van der Waals surface area contributed by atoms with Gasteiger partial charge in [0.25, 0.3) is 0 Å². The minimum Gasteiger partial charge on any atom is -0.480 e. The number of halogens is 1. The zero-order valence-corrected chi connectivity index (χ0v) is 12.3. The molecule has 0 unspecified atom stereocenters. The number of rotatable bonds is 6. The van der Waals surface area contributed by atoms with Crippen molar-refractivity contribution in [2.24, 2.45) is 0 Å². The van der Waals surface area contributed by atoms with Gasteiger partial charge < -0.3 is 5.11 Å². The number of hydrogen-bond donors (Lipinski definition) is 2. The summed E-state index contributed by atoms with van der Waals surface area (Å²) in [5.41, 5.74) is 0.843. The quantitative estimate of drug-likeness (QED) is 0.842. The molecule has 0 radical (unpaired) electrons. The van der Waals surface area contributed by atoms with Gasteiger partial charge in [-0.3, -0.25) is 4.79 Å². The molecule has 19 heavy (non-hydrogen) atoms. The van der Waals surface area contributed by atoms with Crippen molar-refractivity contribution in [3.8, 4) is 0 Å². The second-order valence-electron chi connectivity index (χ2n) is 4.20. The zero-order chi connectivity index (χ0) is 14.6. The monoisotopic (exact) mass is 305 g/mol. The highest BCUT2D eigenvalue weighted by atomic mass is 35.5. The second kappa shape index (κ2) is 6.36. The maximum atomic E-state index is 12.1. The number of hydrogen-bond acceptors (Lipinski definition) is 3. The summed E-state index contributed by atoms with van der Waals surface area (Å²) in [7, 11) is -3.94. The molecule has 0 heterocycles. The summed E-state index contributed by atoms with van der Waals surface area (Å²) >= 11 is 5.88. The second-order valence-corrected chi connectivity index (χ2v) is 6.29. The Morgan fingerprint density at radius 2 is 2.11 bits per heavy atom. The standard InChI is InChI=1S/C12H16ClNO4S/c1-3-4-9-5-6-10(13)11(7-9)19(17,18)14-8(2)12(15)16/h5-8,14H,3-4H2,1-2H3,(H,15,16)/t8-/m1/s1. The molecule has 0 saturated heterocycles. The van der Waals surface area contributed by atoms with Crippen LogP contribution in [0.5, 0.6) is 0 Å². The molecule has 0 fully saturated rings. The van der Waals surface area contributed by atoms with Crippen LogP contribution in [0.4, 0.5) is 0 Å². The van der Waals surface area contributed by atoms with Gasteiger partial charge in [-0.1, -0.05) is 31.0 Å². The molecule has 1 rings (SSSR count). The molecule has 0 saturated carbocycles. The average molecular weight is 306 g/mol. The first-order chi connectivity index (χ1) is 8.77. The topological polar surface area (TPSA) is 83.5 Å². The van der Waals surface area contributed by atoms with E-state index in [4.69, 9.17) is 16.7 Å². The van der Waals surface area contributed by atoms with E-state index in [2.05, 4.69) is 4.72 Å². The van der Waals surface area contributed by atoms with E-state index in [1.54, 1.807) is 6.07 Å². The van der Waals surface area contributed by atoms with Crippen molar-refractivity contribution in [3.05, 3.63) is 28.8 Å². The van der Waals surface area contributed by atoms with Gasteiger partial charge in [0.15, 0.2) is 0 Å². The number of carbonyl (C=O) groups is 1. The Balaban J connectivity index is 3.13. The molecule has 106 valence electrons. The van der Waals surface area contributed by atoms with Gasteiger partial charge in [0.05, 0.1) is 5.02 Å². The number of nitrogens with one attached hydrogen (secondary N) is 1. The lowest BCUT2D eigenvalue weighted by Crippen LogP contribution is -2.38. The van der Waals surface area contributed by atoms with Gasteiger partial charge >= 0.3 is 5.97 Å². The van der Waals surface area contributed by atoms with Crippen LogP contribution in [-0.4, -0.2) is 25.5 Å². The largest absolute Gasteiger partial charge is 0.480 e. The summed E-state index contributed by atoms with van der Waals surface area (Å²) in [5.74, 6) is -1.25. The van der Waals surface area contributed by atoms with Crippen LogP contribution < -0.4 is 4.72 Å². The smallest absolute Gasteiger partial charge is 0.321 e. The molecule has 0 aliphatic rings. The first-order valence-corrected chi connectivity index (χ1v) is 7.67. The number of aryl methyl sites for hydroxylation is 1. The summed E-state index contributed by atoms with van der Waals surface area (Å²) in [4.78, 5) is 10.6. The minimum absolute atomic E-state index is 0.0740. The summed E-state index contributed by atoms with van der Waals surface area (Å²) in [6.45, 7) is 3.23. The zero-order valence-electron chi connectivity index (χ0n) is 10.7. The lowest BCUT2D eigenvalue weighted by atomic mass is 10.1. The van der Waals surface area contributed by atoms with Crippen LogP contribution in [0.15, 0.2) is 23.1 Å². The maximum absolute atomic E-state index is 12.1. The molecule has 1 aromatic rings. The van der Waals surface area contributed by atoms with E-state index < -0.39 is 22.0 Å². The Morgan fingerprint density at radius 3 is 2.63 bits per heavy atom. The number of aliphatic carboxylic acids is 1. The Hall–Kier alpha value is -1.11. The van der Waals surface area contributed by atoms with Crippen LogP contribution in [0.1, 0.15) is 25.8 Å². The lowest BCUT2D eigenvalue weighted by Gasteiger charge is -2.12. The summed E-state index contributed by atoms with van der Waals surface area (Å²) in [6, 6.07) is 3.52. The van der Waals surface area contributed by atoms with Gasteiger partial charge in [0, 0.05) is 0 Å². The Kier molecular flexibility index (Phi) is 5.34. The molecule has 2 N–H and O–H groups in total. The minimum atomic E-state index is -3.94. The van der Waals surface area contributed by atoms with E-state index in [-0.39, 0.29) is 9.92 Å². The Bertz CT molecular complexity index is 571. The van der Waals surface area contributed by atoms with Crippen molar-refractivity contribution in [2.45, 2.75) is 37.6 Å². The molecule has 7 heteroatoms. The lowest BCUT2D eigenvalue weighted by molar-refractivity contribution is -0.138. The van der Waals surface area contributed by atoms with Crippen molar-refractivity contribution >= 4 is 27.6 Å². The fourth-order valence-corrected chi connectivity index (χ4v) is 3.29. The maximum Gasteiger partial charge on any atom is 0.321 e. The van der Waals surface area contributed by atoms with Crippen molar-refractivity contribution in [2.75, 3.05) is 0 Å². The third-order valence-corrected chi connectivity index (χ3v) is 4.55. The van der Waals surface area contributed by atoms with Crippen LogP contribution in [0, 0.1) is 0 Å². The highest BCUT2D eigenvalue weighted by molar-refractivity contribution is 7.89. The van der Waals surface area contributed by atoms with Crippen LogP contribution in [0.25, 0.3) is 0 Å². The predicted molar refractivity (Wildman–Crippen MR) is 72.9 cm³/mol. The molecule has 0 amide bonds. The third-order valence-electron chi connectivity index (χ3n) is 2.53. The first-order valence-electron chi connectivity index (χ1n) is 5.81. The molecule has 5 nitrogen and oxygen atoms in total. The predicted octanol–water partition coefficient (Wildman–Crippen LogP) is 2.04. The van der Waals surface area contributed by atoms with E-state index in [0.29, 0.717) is 0 Å². The van der Waals surface area contributed by atoms with Crippen molar-refractivity contribution < 1.29 is 18.3 Å². The van der Waals surface area contributed by atoms with E-state index >= 15 is 0 Å². The van der Waals surface area contributed by atoms with Crippen LogP contribution >= 0.6 is 11.6 Å². The third kappa shape index (κ3) is 4.19. The average Bonchev–Trinajstić information content (AvgIpc) is 2.31. The van der Waals surface area contributed by atoms with Crippen molar-refractivity contribution in [1.82, 2.24) is 4.72 Å². The highest BCUT2D eigenvalue weighted by Gasteiger charge is 2.23. The molecule has 0 aliphatic carbocycles. The number of sulfonamides is 1. The number of carboxylic acids is 1. The first kappa shape index (κ1) is 15.9. The van der Waals surface area contributed by atoms with E-state index in [9.17, 15) is 13.2 Å². The number of benzene rings is 1. The van der Waals surface area contributed by atoms with Gasteiger partial charge in [0.2, 0.25) is 10.0 Å². The SMILES string of the molecule is CCCc1ccc(Cl)c(S(=O)(=O)N[C@H](C)C(=O)O)c1. The van der Waals surface area contributed by atoms with E-state index in [0.717, 1.165) is 18.4 Å². The molecule has 0 aliphatic heterocycles. The molecular weight excluding hydrogens is 290 g/mol. The van der Waals surface area contributed by atoms with Crippen LogP contribution in [0.3, 0.4) is 0 Å². The Morgan fingerprint density at radius 1 is 1.47 bits per heavy atom.